The highest BCUT2D eigenvalue weighted by Gasteiger charge is 2.32. The quantitative estimate of drug-likeness (QED) is 0.385. The molecular weight excluding hydrogens is 512 g/mol. The second-order valence-electron chi connectivity index (χ2n) is 8.30. The number of hydrogen-bond acceptors (Lipinski definition) is 6. The van der Waals surface area contributed by atoms with Gasteiger partial charge in [-0.2, -0.15) is 10.1 Å². The average Bonchev–Trinajstić information content (AvgIpc) is 3.50. The fourth-order valence-corrected chi connectivity index (χ4v) is 6.99. The van der Waals surface area contributed by atoms with E-state index in [1.807, 2.05) is 90.8 Å². The number of nitrogens with zero attached hydrogens (tertiary/aromatic N) is 4. The number of amides is 1. The Morgan fingerprint density at radius 2 is 1.56 bits per heavy atom. The first-order chi connectivity index (χ1) is 17.4. The van der Waals surface area contributed by atoms with Crippen molar-refractivity contribution in [3.63, 3.8) is 0 Å². The Labute approximate surface area is 220 Å². The van der Waals surface area contributed by atoms with E-state index >= 15 is 0 Å². The fraction of sp³-hybridized carbons (Fsp3) is 0.0741. The number of halogens is 1. The van der Waals surface area contributed by atoms with Crippen molar-refractivity contribution in [2.75, 3.05) is 17.0 Å². The molecule has 3 aromatic carbocycles. The van der Waals surface area contributed by atoms with Gasteiger partial charge in [0.25, 0.3) is 11.5 Å². The monoisotopic (exact) mass is 530 g/mol. The topological polar surface area (TPSA) is 57.9 Å². The van der Waals surface area contributed by atoms with Gasteiger partial charge < -0.3 is 4.90 Å². The maximum Gasteiger partial charge on any atom is 0.283 e. The number of anilines is 2. The van der Waals surface area contributed by atoms with E-state index in [1.54, 1.807) is 11.5 Å². The zero-order valence-corrected chi connectivity index (χ0v) is 21.7. The first-order valence-corrected chi connectivity index (χ1v) is 13.2. The van der Waals surface area contributed by atoms with E-state index in [4.69, 9.17) is 11.6 Å². The summed E-state index contributed by atoms with van der Waals surface area (Å²) in [7, 11) is 1.92. The van der Waals surface area contributed by atoms with Crippen LogP contribution in [0.25, 0.3) is 16.3 Å². The second-order valence-corrected chi connectivity index (χ2v) is 10.8. The highest BCUT2D eigenvalue weighted by molar-refractivity contribution is 8.08. The molecule has 0 saturated heterocycles. The Kier molecular flexibility index (Phi) is 5.59. The summed E-state index contributed by atoms with van der Waals surface area (Å²) >= 11 is 9.07. The zero-order valence-electron chi connectivity index (χ0n) is 19.3. The highest BCUT2D eigenvalue weighted by atomic mass is 35.5. The molecule has 3 heterocycles. The van der Waals surface area contributed by atoms with E-state index in [2.05, 4.69) is 5.10 Å². The van der Waals surface area contributed by atoms with Crippen LogP contribution in [0.15, 0.2) is 93.7 Å². The van der Waals surface area contributed by atoms with Crippen LogP contribution in [0.2, 0.25) is 5.02 Å². The van der Waals surface area contributed by atoms with E-state index in [0.717, 1.165) is 15.6 Å². The number of thioether (sulfide) groups is 1. The number of rotatable bonds is 2. The number of hydrazone groups is 1. The first-order valence-electron chi connectivity index (χ1n) is 11.2. The second kappa shape index (κ2) is 8.81. The van der Waals surface area contributed by atoms with Crippen molar-refractivity contribution in [2.24, 2.45) is 5.10 Å². The van der Waals surface area contributed by atoms with Gasteiger partial charge in [-0.1, -0.05) is 59.8 Å². The molecule has 0 saturated carbocycles. The van der Waals surface area contributed by atoms with Crippen LogP contribution < -0.4 is 24.7 Å². The molecule has 0 spiro atoms. The van der Waals surface area contributed by atoms with Crippen LogP contribution in [0.3, 0.4) is 0 Å². The van der Waals surface area contributed by atoms with E-state index in [1.165, 1.54) is 28.1 Å². The first kappa shape index (κ1) is 22.8. The van der Waals surface area contributed by atoms with Crippen molar-refractivity contribution in [1.82, 2.24) is 4.57 Å². The van der Waals surface area contributed by atoms with Gasteiger partial charge >= 0.3 is 0 Å². The largest absolute Gasteiger partial charge is 0.337 e. The molecular formula is C27H19ClN4O2S2. The Morgan fingerprint density at radius 3 is 2.25 bits per heavy atom. The van der Waals surface area contributed by atoms with Crippen LogP contribution in [-0.4, -0.2) is 23.2 Å². The minimum absolute atomic E-state index is 0.180. The summed E-state index contributed by atoms with van der Waals surface area (Å²) in [6.07, 6.45) is 0. The molecule has 36 heavy (non-hydrogen) atoms. The van der Waals surface area contributed by atoms with Gasteiger partial charge in [-0.3, -0.25) is 14.2 Å². The summed E-state index contributed by atoms with van der Waals surface area (Å²) in [6.45, 7) is 1.80. The lowest BCUT2D eigenvalue weighted by atomic mass is 10.2. The third-order valence-electron chi connectivity index (χ3n) is 6.03. The molecule has 0 bridgehead atoms. The Morgan fingerprint density at radius 1 is 0.889 bits per heavy atom. The molecule has 2 aliphatic rings. The third-order valence-corrected chi connectivity index (χ3v) is 8.79. The molecule has 4 aromatic rings. The van der Waals surface area contributed by atoms with E-state index in [-0.39, 0.29) is 11.5 Å². The van der Waals surface area contributed by atoms with Crippen LogP contribution >= 0.6 is 34.7 Å². The molecule has 0 N–H and O–H groups in total. The predicted molar refractivity (Wildman–Crippen MR) is 149 cm³/mol. The minimum Gasteiger partial charge on any atom is -0.337 e. The number of carbonyl (C=O) groups is 1. The van der Waals surface area contributed by atoms with Gasteiger partial charge in [0, 0.05) is 17.0 Å². The highest BCUT2D eigenvalue weighted by Crippen LogP contribution is 2.46. The fourth-order valence-electron chi connectivity index (χ4n) is 4.31. The number of thiazole rings is 1. The summed E-state index contributed by atoms with van der Waals surface area (Å²) in [5.74, 6) is -0.260. The molecule has 178 valence electrons. The number of para-hydroxylation sites is 2. The van der Waals surface area contributed by atoms with Crippen LogP contribution in [0.5, 0.6) is 0 Å². The van der Waals surface area contributed by atoms with Crippen LogP contribution in [0.4, 0.5) is 11.4 Å². The van der Waals surface area contributed by atoms with Crippen molar-refractivity contribution in [1.29, 1.82) is 0 Å². The molecule has 0 atom stereocenters. The Bertz CT molecular complexity index is 1740. The number of aromatic nitrogens is 1. The number of fused-ring (bicyclic) bond motifs is 1. The molecule has 1 aromatic heterocycles. The lowest BCUT2D eigenvalue weighted by molar-refractivity contribution is -0.112. The molecule has 0 radical (unpaired) electrons. The van der Waals surface area contributed by atoms with Crippen molar-refractivity contribution in [3.8, 4) is 5.69 Å². The van der Waals surface area contributed by atoms with Crippen LogP contribution in [0, 0.1) is 0 Å². The van der Waals surface area contributed by atoms with Crippen molar-refractivity contribution < 1.29 is 4.79 Å². The molecule has 0 unspecified atom stereocenters. The Balaban J connectivity index is 1.64. The van der Waals surface area contributed by atoms with Crippen molar-refractivity contribution >= 4 is 68.3 Å². The summed E-state index contributed by atoms with van der Waals surface area (Å²) in [5.41, 5.74) is 3.12. The smallest absolute Gasteiger partial charge is 0.283 e. The van der Waals surface area contributed by atoms with E-state index in [9.17, 15) is 9.59 Å². The summed E-state index contributed by atoms with van der Waals surface area (Å²) in [4.78, 5) is 30.6. The minimum atomic E-state index is -0.260. The summed E-state index contributed by atoms with van der Waals surface area (Å²) < 4.78 is 2.74. The molecule has 0 fully saturated rings. The number of carbonyl (C=O) groups excluding carboxylic acids is 1. The number of hydrogen-bond donors (Lipinski definition) is 0. The average molecular weight is 531 g/mol. The lowest BCUT2D eigenvalue weighted by Crippen LogP contribution is -2.34. The van der Waals surface area contributed by atoms with Gasteiger partial charge in [0.05, 0.1) is 28.3 Å². The van der Waals surface area contributed by atoms with Gasteiger partial charge in [-0.25, -0.2) is 0 Å². The molecule has 2 aliphatic heterocycles. The Hall–Kier alpha value is -3.59. The third kappa shape index (κ3) is 3.61. The van der Waals surface area contributed by atoms with Gasteiger partial charge in [-0.15, -0.1) is 11.3 Å². The molecule has 1 amide bonds. The standard InChI is InChI=1S/C27H19ClN4O2S2/c1-16-22(24(33)32(29-16)19-11-7-4-8-12-19)26-31(18-9-5-3-6-10-18)25(34)23(36-26)27-30(2)20-15-17(28)13-14-21(20)35-27/h3-15H,1-2H3/b26-22+,27-23-. The molecule has 0 aliphatic carbocycles. The van der Waals surface area contributed by atoms with E-state index < -0.39 is 0 Å². The maximum absolute atomic E-state index is 14.0. The molecule has 6 nitrogen and oxygen atoms in total. The van der Waals surface area contributed by atoms with E-state index in [0.29, 0.717) is 36.9 Å². The van der Waals surface area contributed by atoms with Gasteiger partial charge in [0.15, 0.2) is 0 Å². The number of benzene rings is 3. The van der Waals surface area contributed by atoms with Crippen LogP contribution in [0.1, 0.15) is 6.92 Å². The van der Waals surface area contributed by atoms with Crippen LogP contribution in [-0.2, 0) is 4.79 Å². The van der Waals surface area contributed by atoms with Crippen molar-refractivity contribution in [2.45, 2.75) is 11.8 Å². The normalized spacial score (nSPS) is 18.1. The molecule has 6 rings (SSSR count). The van der Waals surface area contributed by atoms with Gasteiger partial charge in [-0.05, 0) is 49.4 Å². The SMILES string of the molecule is CC1=NN(c2ccccc2)C(=O)/C1=c1/s/c(=C2\Sc3ccc(Cl)cc3N2C)c(=O)n1-c1ccccc1. The summed E-state index contributed by atoms with van der Waals surface area (Å²) in [5, 5.41) is 7.38. The van der Waals surface area contributed by atoms with Crippen molar-refractivity contribution in [3.05, 3.63) is 103 Å². The van der Waals surface area contributed by atoms with Gasteiger partial charge in [0.2, 0.25) is 0 Å². The molecule has 9 heteroatoms. The predicted octanol–water partition coefficient (Wildman–Crippen LogP) is 4.43. The lowest BCUT2D eigenvalue weighted by Gasteiger charge is -2.12. The zero-order chi connectivity index (χ0) is 25.0. The summed E-state index contributed by atoms with van der Waals surface area (Å²) in [6, 6.07) is 24.4. The van der Waals surface area contributed by atoms with Gasteiger partial charge in [0.1, 0.15) is 14.2 Å². The maximum atomic E-state index is 14.0.